The molecule has 0 aliphatic carbocycles. The van der Waals surface area contributed by atoms with Gasteiger partial charge in [0.2, 0.25) is 0 Å². The van der Waals surface area contributed by atoms with Crippen molar-refractivity contribution in [3.63, 3.8) is 0 Å². The van der Waals surface area contributed by atoms with Gasteiger partial charge in [0.25, 0.3) is 0 Å². The lowest BCUT2D eigenvalue weighted by atomic mass is 9.97. The fourth-order valence-corrected chi connectivity index (χ4v) is 3.08. The Morgan fingerprint density at radius 2 is 2.47 bits per heavy atom. The minimum absolute atomic E-state index is 0.353. The second-order valence-corrected chi connectivity index (χ2v) is 6.00. The lowest BCUT2D eigenvalue weighted by molar-refractivity contribution is 0.0363. The number of hydrogen-bond donors (Lipinski definition) is 1. The summed E-state index contributed by atoms with van der Waals surface area (Å²) in [4.78, 5) is 5.87. The van der Waals surface area contributed by atoms with Crippen LogP contribution in [-0.4, -0.2) is 24.2 Å². The highest BCUT2D eigenvalue weighted by Gasteiger charge is 2.24. The van der Waals surface area contributed by atoms with E-state index in [1.54, 1.807) is 0 Å². The van der Waals surface area contributed by atoms with Crippen molar-refractivity contribution in [1.82, 2.24) is 10.3 Å². The Balaban J connectivity index is 1.93. The van der Waals surface area contributed by atoms with E-state index in [0.717, 1.165) is 26.1 Å². The molecule has 3 atom stereocenters. The van der Waals surface area contributed by atoms with Crippen LogP contribution in [0.2, 0.25) is 0 Å². The normalized spacial score (nSPS) is 27.0. The average molecular weight is 254 g/mol. The van der Waals surface area contributed by atoms with Gasteiger partial charge in [0, 0.05) is 23.7 Å². The van der Waals surface area contributed by atoms with Gasteiger partial charge in [-0.1, -0.05) is 13.8 Å². The van der Waals surface area contributed by atoms with Gasteiger partial charge in [-0.15, -0.1) is 11.3 Å². The minimum Gasteiger partial charge on any atom is -0.381 e. The van der Waals surface area contributed by atoms with Crippen molar-refractivity contribution >= 4 is 11.3 Å². The lowest BCUT2D eigenvalue weighted by Gasteiger charge is -2.31. The first-order valence-corrected chi connectivity index (χ1v) is 7.30. The van der Waals surface area contributed by atoms with Crippen molar-refractivity contribution in [3.05, 3.63) is 16.1 Å². The Labute approximate surface area is 108 Å². The van der Waals surface area contributed by atoms with Gasteiger partial charge < -0.3 is 10.1 Å². The van der Waals surface area contributed by atoms with Crippen LogP contribution in [0.25, 0.3) is 0 Å². The van der Waals surface area contributed by atoms with Crippen LogP contribution in [0.1, 0.15) is 43.1 Å². The third-order valence-corrected chi connectivity index (χ3v) is 4.72. The van der Waals surface area contributed by atoms with E-state index < -0.39 is 0 Å². The summed E-state index contributed by atoms with van der Waals surface area (Å²) in [5.74, 6) is 0.594. The van der Waals surface area contributed by atoms with Gasteiger partial charge in [-0.2, -0.15) is 0 Å². The van der Waals surface area contributed by atoms with E-state index in [1.165, 1.54) is 9.88 Å². The Bertz CT molecular complexity index is 353. The average Bonchev–Trinajstić information content (AvgIpc) is 2.81. The molecule has 3 nitrogen and oxygen atoms in total. The molecule has 0 spiro atoms. The summed E-state index contributed by atoms with van der Waals surface area (Å²) in [7, 11) is 0. The van der Waals surface area contributed by atoms with Crippen molar-refractivity contribution in [2.24, 2.45) is 5.92 Å². The van der Waals surface area contributed by atoms with E-state index in [4.69, 9.17) is 4.74 Å². The first-order valence-electron chi connectivity index (χ1n) is 6.49. The minimum atomic E-state index is 0.353. The summed E-state index contributed by atoms with van der Waals surface area (Å²) < 4.78 is 5.47. The molecule has 0 aromatic carbocycles. The van der Waals surface area contributed by atoms with Gasteiger partial charge in [0.15, 0.2) is 0 Å². The summed E-state index contributed by atoms with van der Waals surface area (Å²) in [5, 5.41) is 4.90. The van der Waals surface area contributed by atoms with Gasteiger partial charge in [0.1, 0.15) is 5.01 Å². The number of nitrogens with zero attached hydrogens (tertiary/aromatic N) is 1. The van der Waals surface area contributed by atoms with Gasteiger partial charge in [-0.25, -0.2) is 4.98 Å². The second-order valence-electron chi connectivity index (χ2n) is 4.85. The first kappa shape index (κ1) is 13.0. The molecule has 4 heteroatoms. The molecule has 1 N–H and O–H groups in total. The zero-order valence-electron chi connectivity index (χ0n) is 10.9. The Kier molecular flexibility index (Phi) is 4.54. The molecule has 1 fully saturated rings. The maximum absolute atomic E-state index is 5.47. The lowest BCUT2D eigenvalue weighted by Crippen LogP contribution is -2.42. The van der Waals surface area contributed by atoms with Gasteiger partial charge in [-0.3, -0.25) is 0 Å². The number of aryl methyl sites for hydroxylation is 1. The largest absolute Gasteiger partial charge is 0.381 e. The van der Waals surface area contributed by atoms with Crippen LogP contribution in [0.5, 0.6) is 0 Å². The Morgan fingerprint density at radius 3 is 3.12 bits per heavy atom. The maximum Gasteiger partial charge on any atom is 0.109 e. The fraction of sp³-hybridized carbons (Fsp3) is 0.769. The van der Waals surface area contributed by atoms with Crippen LogP contribution >= 0.6 is 11.3 Å². The molecule has 1 saturated heterocycles. The maximum atomic E-state index is 5.47. The van der Waals surface area contributed by atoms with E-state index in [2.05, 4.69) is 31.1 Å². The molecule has 0 amide bonds. The number of ether oxygens (including phenoxy) is 1. The predicted octanol–water partition coefficient (Wildman–Crippen LogP) is 2.78. The number of thiazole rings is 1. The number of hydrogen-bond acceptors (Lipinski definition) is 4. The summed E-state index contributed by atoms with van der Waals surface area (Å²) in [5.41, 5.74) is 0. The van der Waals surface area contributed by atoms with Gasteiger partial charge in [-0.05, 0) is 25.7 Å². The van der Waals surface area contributed by atoms with Crippen molar-refractivity contribution in [2.75, 3.05) is 13.2 Å². The van der Waals surface area contributed by atoms with E-state index in [1.807, 2.05) is 17.5 Å². The third kappa shape index (κ3) is 3.27. The quantitative estimate of drug-likeness (QED) is 0.897. The molecule has 0 saturated carbocycles. The molecule has 2 heterocycles. The number of aromatic nitrogens is 1. The van der Waals surface area contributed by atoms with Crippen LogP contribution in [-0.2, 0) is 11.2 Å². The third-order valence-electron chi connectivity index (χ3n) is 3.40. The van der Waals surface area contributed by atoms with Crippen molar-refractivity contribution in [2.45, 2.75) is 45.7 Å². The molecule has 0 radical (unpaired) electrons. The van der Waals surface area contributed by atoms with Gasteiger partial charge >= 0.3 is 0 Å². The highest BCUT2D eigenvalue weighted by Crippen LogP contribution is 2.23. The SMILES string of the molecule is CCc1cnc(C(C)NC2CCOCC2C)s1. The highest BCUT2D eigenvalue weighted by molar-refractivity contribution is 7.11. The van der Waals surface area contributed by atoms with Crippen molar-refractivity contribution < 1.29 is 4.74 Å². The number of nitrogens with one attached hydrogen (secondary N) is 1. The van der Waals surface area contributed by atoms with Crippen LogP contribution in [0, 0.1) is 5.92 Å². The molecule has 2 rings (SSSR count). The molecule has 1 aliphatic heterocycles. The number of rotatable bonds is 4. The molecule has 17 heavy (non-hydrogen) atoms. The highest BCUT2D eigenvalue weighted by atomic mass is 32.1. The topological polar surface area (TPSA) is 34.2 Å². The summed E-state index contributed by atoms with van der Waals surface area (Å²) in [6.07, 6.45) is 4.20. The monoisotopic (exact) mass is 254 g/mol. The van der Waals surface area contributed by atoms with Crippen molar-refractivity contribution in [3.8, 4) is 0 Å². The Hall–Kier alpha value is -0.450. The van der Waals surface area contributed by atoms with Crippen LogP contribution in [0.15, 0.2) is 6.20 Å². The standard InChI is InChI=1S/C13H22N2OS/c1-4-11-7-14-13(17-11)10(3)15-12-5-6-16-8-9(12)2/h7,9-10,12,15H,4-6,8H2,1-3H3. The van der Waals surface area contributed by atoms with E-state index >= 15 is 0 Å². The summed E-state index contributed by atoms with van der Waals surface area (Å²) >= 11 is 1.83. The van der Waals surface area contributed by atoms with Crippen LogP contribution in [0.4, 0.5) is 0 Å². The molecule has 0 bridgehead atoms. The first-order chi connectivity index (χ1) is 8.20. The zero-order valence-corrected chi connectivity index (χ0v) is 11.7. The summed E-state index contributed by atoms with van der Waals surface area (Å²) in [6, 6.07) is 0.915. The summed E-state index contributed by atoms with van der Waals surface area (Å²) in [6.45, 7) is 8.40. The van der Waals surface area contributed by atoms with E-state index in [9.17, 15) is 0 Å². The van der Waals surface area contributed by atoms with Gasteiger partial charge in [0.05, 0.1) is 12.6 Å². The molecule has 3 unspecified atom stereocenters. The molecule has 1 aromatic heterocycles. The second kappa shape index (κ2) is 5.94. The smallest absolute Gasteiger partial charge is 0.109 e. The fourth-order valence-electron chi connectivity index (χ4n) is 2.21. The molecular formula is C13H22N2OS. The molecule has 96 valence electrons. The molecular weight excluding hydrogens is 232 g/mol. The van der Waals surface area contributed by atoms with Crippen LogP contribution in [0.3, 0.4) is 0 Å². The van der Waals surface area contributed by atoms with Crippen molar-refractivity contribution in [1.29, 1.82) is 0 Å². The molecule has 1 aromatic rings. The van der Waals surface area contributed by atoms with E-state index in [0.29, 0.717) is 18.0 Å². The molecule has 1 aliphatic rings. The van der Waals surface area contributed by atoms with Crippen LogP contribution < -0.4 is 5.32 Å². The van der Waals surface area contributed by atoms with E-state index in [-0.39, 0.29) is 0 Å². The Morgan fingerprint density at radius 1 is 1.65 bits per heavy atom. The predicted molar refractivity (Wildman–Crippen MR) is 71.4 cm³/mol. The zero-order chi connectivity index (χ0) is 12.3.